The molecule has 2 rings (SSSR count). The summed E-state index contributed by atoms with van der Waals surface area (Å²) in [4.78, 5) is 0. The first-order chi connectivity index (χ1) is 9.17. The number of benzene rings is 1. The Morgan fingerprint density at radius 3 is 2.53 bits per heavy atom. The van der Waals surface area contributed by atoms with Crippen LogP contribution in [0.4, 0.5) is 0 Å². The van der Waals surface area contributed by atoms with Crippen molar-refractivity contribution in [3.05, 3.63) is 22.8 Å². The lowest BCUT2D eigenvalue weighted by Gasteiger charge is -2.25. The van der Waals surface area contributed by atoms with Crippen LogP contribution in [-0.2, 0) is 6.42 Å². The standard InChI is InChI=1S/C16H25NO2/c1-11-12(2)16(19-4)13(10-15(11)18-3)9-14-7-5-6-8-17-14/h10,14,17H,5-9H2,1-4H3. The number of ether oxygens (including phenoxy) is 2. The molecule has 1 fully saturated rings. The Bertz CT molecular complexity index is 437. The summed E-state index contributed by atoms with van der Waals surface area (Å²) in [7, 11) is 3.49. The zero-order valence-corrected chi connectivity index (χ0v) is 12.5. The Labute approximate surface area is 116 Å². The Morgan fingerprint density at radius 1 is 1.16 bits per heavy atom. The van der Waals surface area contributed by atoms with Gasteiger partial charge in [0.2, 0.25) is 0 Å². The maximum Gasteiger partial charge on any atom is 0.125 e. The van der Waals surface area contributed by atoms with E-state index in [2.05, 4.69) is 25.2 Å². The number of nitrogens with one attached hydrogen (secondary N) is 1. The van der Waals surface area contributed by atoms with Gasteiger partial charge in [-0.2, -0.15) is 0 Å². The minimum atomic E-state index is 0.564. The quantitative estimate of drug-likeness (QED) is 0.906. The van der Waals surface area contributed by atoms with Crippen molar-refractivity contribution < 1.29 is 9.47 Å². The third-order valence-electron chi connectivity index (χ3n) is 4.17. The summed E-state index contributed by atoms with van der Waals surface area (Å²) in [5.74, 6) is 1.98. The molecule has 3 nitrogen and oxygen atoms in total. The van der Waals surface area contributed by atoms with E-state index in [9.17, 15) is 0 Å². The highest BCUT2D eigenvalue weighted by Gasteiger charge is 2.19. The molecule has 1 aromatic rings. The molecular formula is C16H25NO2. The molecule has 0 saturated carbocycles. The molecule has 19 heavy (non-hydrogen) atoms. The van der Waals surface area contributed by atoms with E-state index >= 15 is 0 Å². The fraction of sp³-hybridized carbons (Fsp3) is 0.625. The summed E-state index contributed by atoms with van der Waals surface area (Å²) in [5.41, 5.74) is 3.61. The van der Waals surface area contributed by atoms with Crippen molar-refractivity contribution in [3.8, 4) is 11.5 Å². The van der Waals surface area contributed by atoms with Crippen LogP contribution in [0.2, 0.25) is 0 Å². The lowest BCUT2D eigenvalue weighted by Crippen LogP contribution is -2.35. The van der Waals surface area contributed by atoms with Crippen LogP contribution in [0.25, 0.3) is 0 Å². The number of methoxy groups -OCH3 is 2. The van der Waals surface area contributed by atoms with Crippen LogP contribution in [0.1, 0.15) is 36.0 Å². The first-order valence-electron chi connectivity index (χ1n) is 7.11. The second-order valence-corrected chi connectivity index (χ2v) is 5.37. The zero-order chi connectivity index (χ0) is 13.8. The predicted octanol–water partition coefficient (Wildman–Crippen LogP) is 3.01. The van der Waals surface area contributed by atoms with E-state index < -0.39 is 0 Å². The summed E-state index contributed by atoms with van der Waals surface area (Å²) in [6.07, 6.45) is 4.88. The maximum atomic E-state index is 5.61. The molecule has 1 aliphatic heterocycles. The molecule has 1 saturated heterocycles. The molecule has 3 heteroatoms. The molecule has 0 bridgehead atoms. The maximum absolute atomic E-state index is 5.61. The Balaban J connectivity index is 2.29. The van der Waals surface area contributed by atoms with E-state index in [4.69, 9.17) is 9.47 Å². The van der Waals surface area contributed by atoms with Crippen LogP contribution in [0.3, 0.4) is 0 Å². The van der Waals surface area contributed by atoms with Gasteiger partial charge in [0.25, 0.3) is 0 Å². The molecule has 0 amide bonds. The van der Waals surface area contributed by atoms with Crippen LogP contribution < -0.4 is 14.8 Å². The Kier molecular flexibility index (Phi) is 4.70. The Hall–Kier alpha value is -1.22. The number of hydrogen-bond donors (Lipinski definition) is 1. The average Bonchev–Trinajstić information content (AvgIpc) is 2.44. The Morgan fingerprint density at radius 2 is 1.95 bits per heavy atom. The second kappa shape index (κ2) is 6.29. The number of piperidine rings is 1. The van der Waals surface area contributed by atoms with Gasteiger partial charge in [-0.1, -0.05) is 6.42 Å². The molecule has 1 unspecified atom stereocenters. The first kappa shape index (κ1) is 14.2. The van der Waals surface area contributed by atoms with Gasteiger partial charge >= 0.3 is 0 Å². The highest BCUT2D eigenvalue weighted by atomic mass is 16.5. The van der Waals surface area contributed by atoms with Gasteiger partial charge < -0.3 is 14.8 Å². The molecule has 1 aliphatic rings. The molecule has 0 radical (unpaired) electrons. The van der Waals surface area contributed by atoms with Gasteiger partial charge in [-0.15, -0.1) is 0 Å². The van der Waals surface area contributed by atoms with Gasteiger partial charge in [0, 0.05) is 6.04 Å². The fourth-order valence-electron chi connectivity index (χ4n) is 2.94. The van der Waals surface area contributed by atoms with E-state index in [0.29, 0.717) is 6.04 Å². The lowest BCUT2D eigenvalue weighted by atomic mass is 9.94. The van der Waals surface area contributed by atoms with E-state index in [1.54, 1.807) is 14.2 Å². The van der Waals surface area contributed by atoms with Gasteiger partial charge in [0.1, 0.15) is 11.5 Å². The van der Waals surface area contributed by atoms with Crippen molar-refractivity contribution in [1.82, 2.24) is 5.32 Å². The summed E-state index contributed by atoms with van der Waals surface area (Å²) < 4.78 is 11.1. The van der Waals surface area contributed by atoms with Crippen molar-refractivity contribution in [1.29, 1.82) is 0 Å². The highest BCUT2D eigenvalue weighted by molar-refractivity contribution is 5.52. The normalized spacial score (nSPS) is 19.3. The summed E-state index contributed by atoms with van der Waals surface area (Å²) in [5, 5.41) is 3.59. The van der Waals surface area contributed by atoms with Crippen molar-refractivity contribution in [2.45, 2.75) is 45.6 Å². The van der Waals surface area contributed by atoms with Crippen molar-refractivity contribution in [2.24, 2.45) is 0 Å². The van der Waals surface area contributed by atoms with E-state index in [1.165, 1.54) is 36.0 Å². The van der Waals surface area contributed by atoms with E-state index in [-0.39, 0.29) is 0 Å². The molecule has 1 aromatic carbocycles. The SMILES string of the molecule is COc1cc(CC2CCCCN2)c(OC)c(C)c1C. The average molecular weight is 263 g/mol. The minimum Gasteiger partial charge on any atom is -0.496 e. The molecule has 1 N–H and O–H groups in total. The number of rotatable bonds is 4. The molecule has 0 aliphatic carbocycles. The third-order valence-corrected chi connectivity index (χ3v) is 4.17. The molecular weight excluding hydrogens is 238 g/mol. The molecule has 0 spiro atoms. The molecule has 0 aromatic heterocycles. The van der Waals surface area contributed by atoms with Crippen LogP contribution in [0.5, 0.6) is 11.5 Å². The zero-order valence-electron chi connectivity index (χ0n) is 12.5. The van der Waals surface area contributed by atoms with Gasteiger partial charge in [-0.3, -0.25) is 0 Å². The minimum absolute atomic E-state index is 0.564. The predicted molar refractivity (Wildman–Crippen MR) is 78.4 cm³/mol. The van der Waals surface area contributed by atoms with Crippen molar-refractivity contribution >= 4 is 0 Å². The lowest BCUT2D eigenvalue weighted by molar-refractivity contribution is 0.374. The summed E-state index contributed by atoms with van der Waals surface area (Å²) in [6, 6.07) is 2.70. The molecule has 106 valence electrons. The van der Waals surface area contributed by atoms with Gasteiger partial charge in [0.05, 0.1) is 14.2 Å². The van der Waals surface area contributed by atoms with E-state index in [0.717, 1.165) is 24.5 Å². The summed E-state index contributed by atoms with van der Waals surface area (Å²) >= 11 is 0. The van der Waals surface area contributed by atoms with Gasteiger partial charge in [-0.25, -0.2) is 0 Å². The highest BCUT2D eigenvalue weighted by Crippen LogP contribution is 2.34. The van der Waals surface area contributed by atoms with Gasteiger partial charge in [0.15, 0.2) is 0 Å². The monoisotopic (exact) mass is 263 g/mol. The van der Waals surface area contributed by atoms with Crippen LogP contribution in [0.15, 0.2) is 6.07 Å². The second-order valence-electron chi connectivity index (χ2n) is 5.37. The largest absolute Gasteiger partial charge is 0.496 e. The van der Waals surface area contributed by atoms with Crippen LogP contribution in [0, 0.1) is 13.8 Å². The molecule has 1 atom stereocenters. The smallest absolute Gasteiger partial charge is 0.125 e. The van der Waals surface area contributed by atoms with Crippen LogP contribution >= 0.6 is 0 Å². The first-order valence-corrected chi connectivity index (χ1v) is 7.11. The third kappa shape index (κ3) is 3.03. The van der Waals surface area contributed by atoms with Crippen LogP contribution in [-0.4, -0.2) is 26.8 Å². The van der Waals surface area contributed by atoms with E-state index in [1.807, 2.05) is 0 Å². The van der Waals surface area contributed by atoms with Gasteiger partial charge in [-0.05, 0) is 62.4 Å². The topological polar surface area (TPSA) is 30.5 Å². The summed E-state index contributed by atoms with van der Waals surface area (Å²) in [6.45, 7) is 5.32. The fourth-order valence-corrected chi connectivity index (χ4v) is 2.94. The van der Waals surface area contributed by atoms with Crippen molar-refractivity contribution in [3.63, 3.8) is 0 Å². The number of hydrogen-bond acceptors (Lipinski definition) is 3. The molecule has 1 heterocycles. The van der Waals surface area contributed by atoms with Crippen molar-refractivity contribution in [2.75, 3.05) is 20.8 Å².